The van der Waals surface area contributed by atoms with Crippen LogP contribution in [-0.4, -0.2) is 84.2 Å². The van der Waals surface area contributed by atoms with Crippen molar-refractivity contribution < 1.29 is 59.3 Å². The average Bonchev–Trinajstić information content (AvgIpc) is 3.05. The van der Waals surface area contributed by atoms with Crippen molar-refractivity contribution in [1.29, 1.82) is 0 Å². The van der Waals surface area contributed by atoms with Crippen LogP contribution in [0.5, 0.6) is 0 Å². The lowest BCUT2D eigenvalue weighted by Crippen LogP contribution is -2.55. The Morgan fingerprint density at radius 2 is 1.64 bits per heavy atom. The minimum atomic E-state index is -4.66. The van der Waals surface area contributed by atoms with Gasteiger partial charge in [0, 0.05) is 17.5 Å². The van der Waals surface area contributed by atoms with Crippen LogP contribution in [0, 0.1) is 23.3 Å². The van der Waals surface area contributed by atoms with Crippen molar-refractivity contribution in [3.63, 3.8) is 0 Å². The number of rotatable bonds is 11. The summed E-state index contributed by atoms with van der Waals surface area (Å²) in [6, 6.07) is 4.99. The molecule has 0 radical (unpaired) electrons. The number of carbonyl (C=O) groups excluding carboxylic acids is 3. The van der Waals surface area contributed by atoms with E-state index in [-0.39, 0.29) is 48.4 Å². The van der Waals surface area contributed by atoms with E-state index in [1.807, 2.05) is 0 Å². The second kappa shape index (κ2) is 17.2. The number of alkyl halides is 3. The molecular formula is C35H38F7N5O6. The maximum absolute atomic E-state index is 15.2. The Kier molecular flexibility index (Phi) is 13.3. The number of aromatic nitrogens is 1. The largest absolute Gasteiger partial charge is 0.447 e. The van der Waals surface area contributed by atoms with Crippen molar-refractivity contribution in [2.75, 3.05) is 31.6 Å². The number of anilines is 1. The van der Waals surface area contributed by atoms with E-state index >= 15 is 4.39 Å². The monoisotopic (exact) mass is 757 g/mol. The Bertz CT molecular complexity index is 1740. The van der Waals surface area contributed by atoms with Crippen LogP contribution in [0.4, 0.5) is 46.0 Å². The lowest BCUT2D eigenvalue weighted by molar-refractivity contribution is -0.124. The molecular weight excluding hydrogens is 719 g/mol. The fraction of sp³-hybridized carbons (Fsp3) is 0.429. The maximum atomic E-state index is 15.2. The second-order valence-corrected chi connectivity index (χ2v) is 13.2. The highest BCUT2D eigenvalue weighted by Gasteiger charge is 2.37. The molecule has 3 amide bonds. The Labute approximate surface area is 300 Å². The second-order valence-electron chi connectivity index (χ2n) is 13.2. The summed E-state index contributed by atoms with van der Waals surface area (Å²) in [4.78, 5) is 43.5. The minimum absolute atomic E-state index is 0.0102. The number of benzene rings is 2. The number of nitrogens with zero attached hydrogens (tertiary/aromatic N) is 2. The van der Waals surface area contributed by atoms with Gasteiger partial charge in [0.15, 0.2) is 0 Å². The molecule has 2 heterocycles. The zero-order valence-electron chi connectivity index (χ0n) is 28.8. The fourth-order valence-electron chi connectivity index (χ4n) is 5.54. The summed E-state index contributed by atoms with van der Waals surface area (Å²) in [6.45, 7) is 2.34. The number of pyridine rings is 1. The zero-order valence-corrected chi connectivity index (χ0v) is 28.8. The molecule has 4 N–H and O–H groups in total. The third-order valence-corrected chi connectivity index (χ3v) is 7.95. The van der Waals surface area contributed by atoms with E-state index in [4.69, 9.17) is 19.9 Å². The Morgan fingerprint density at radius 1 is 0.981 bits per heavy atom. The Morgan fingerprint density at radius 3 is 2.26 bits per heavy atom. The maximum Gasteiger partial charge on any atom is 0.410 e. The summed E-state index contributed by atoms with van der Waals surface area (Å²) in [5.41, 5.74) is 5.58. The number of nitrogens with one attached hydrogen (secondary N) is 2. The molecule has 288 valence electrons. The summed E-state index contributed by atoms with van der Waals surface area (Å²) in [5, 5.41) is 4.10. The van der Waals surface area contributed by atoms with Gasteiger partial charge in [0.05, 0.1) is 49.4 Å². The molecule has 0 bridgehead atoms. The van der Waals surface area contributed by atoms with Gasteiger partial charge in [-0.05, 0) is 69.0 Å². The third-order valence-electron chi connectivity index (χ3n) is 7.95. The number of ether oxygens (including phenoxy) is 3. The first-order valence-corrected chi connectivity index (χ1v) is 16.3. The van der Waals surface area contributed by atoms with Gasteiger partial charge >= 0.3 is 18.4 Å². The first-order valence-electron chi connectivity index (χ1n) is 16.3. The van der Waals surface area contributed by atoms with E-state index in [1.54, 1.807) is 26.1 Å². The van der Waals surface area contributed by atoms with Crippen molar-refractivity contribution in [2.45, 2.75) is 69.5 Å². The number of morpholine rings is 1. The number of hydrogen-bond acceptors (Lipinski definition) is 8. The molecule has 1 fully saturated rings. The van der Waals surface area contributed by atoms with E-state index in [2.05, 4.69) is 10.3 Å². The molecule has 3 aromatic rings. The van der Waals surface area contributed by atoms with Crippen LogP contribution in [0.3, 0.4) is 0 Å². The van der Waals surface area contributed by atoms with Crippen molar-refractivity contribution in [1.82, 2.24) is 15.2 Å². The van der Waals surface area contributed by atoms with Gasteiger partial charge < -0.3 is 30.6 Å². The molecule has 18 heteroatoms. The number of amides is 3. The number of halogens is 7. The van der Waals surface area contributed by atoms with Crippen LogP contribution in [0.2, 0.25) is 0 Å². The van der Waals surface area contributed by atoms with Gasteiger partial charge in [-0.3, -0.25) is 14.7 Å². The van der Waals surface area contributed by atoms with Crippen LogP contribution < -0.4 is 16.4 Å². The molecule has 1 aliphatic rings. The van der Waals surface area contributed by atoms with E-state index in [0.29, 0.717) is 6.07 Å². The number of hydrogen-bond donors (Lipinski definition) is 3. The summed E-state index contributed by atoms with van der Waals surface area (Å²) in [5.74, 6) is -5.32. The highest BCUT2D eigenvalue weighted by Crippen LogP contribution is 2.31. The normalized spacial score (nSPS) is 17.5. The number of carbonyl (C=O) groups is 3. The quantitative estimate of drug-likeness (QED) is 0.203. The summed E-state index contributed by atoms with van der Waals surface area (Å²) < 4.78 is 111. The predicted octanol–water partition coefficient (Wildman–Crippen LogP) is 5.96. The van der Waals surface area contributed by atoms with Crippen LogP contribution in [0.15, 0.2) is 54.9 Å². The minimum Gasteiger partial charge on any atom is -0.447 e. The average molecular weight is 758 g/mol. The predicted molar refractivity (Wildman–Crippen MR) is 176 cm³/mol. The van der Waals surface area contributed by atoms with Crippen LogP contribution >= 0.6 is 0 Å². The van der Waals surface area contributed by atoms with Crippen molar-refractivity contribution >= 4 is 23.8 Å². The van der Waals surface area contributed by atoms with Gasteiger partial charge in [0.2, 0.25) is 5.91 Å². The molecule has 1 aliphatic heterocycles. The lowest BCUT2D eigenvalue weighted by atomic mass is 9.84. The number of nitrogens with two attached hydrogens (primary N) is 1. The van der Waals surface area contributed by atoms with Gasteiger partial charge in [0.25, 0.3) is 0 Å². The van der Waals surface area contributed by atoms with E-state index in [1.165, 1.54) is 23.2 Å². The molecule has 4 atom stereocenters. The molecule has 11 nitrogen and oxygen atoms in total. The molecule has 1 saturated heterocycles. The number of alkyl carbamates (subject to hydrolysis) is 1. The molecule has 1 aromatic heterocycles. The van der Waals surface area contributed by atoms with Crippen LogP contribution in [0.1, 0.15) is 49.8 Å². The SMILES string of the molecule is CC(C)(C)OC(=O)N1C[C@@H](CCc2c(F)cncc2NC(=O)[C@@H](N)[C@@H](c2ccc(F)cc2)c2cc(F)cc(F)c2)OC[C@@H]1COC(=O)NCC(F)(F)F. The van der Waals surface area contributed by atoms with E-state index in [9.17, 15) is 40.7 Å². The summed E-state index contributed by atoms with van der Waals surface area (Å²) >= 11 is 0. The zero-order chi connectivity index (χ0) is 39.1. The smallest absolute Gasteiger partial charge is 0.410 e. The summed E-state index contributed by atoms with van der Waals surface area (Å²) in [6.07, 6.45) is -5.52. The Balaban J connectivity index is 1.48. The van der Waals surface area contributed by atoms with Gasteiger partial charge in [-0.25, -0.2) is 27.2 Å². The van der Waals surface area contributed by atoms with Crippen molar-refractivity contribution in [2.24, 2.45) is 5.73 Å². The highest BCUT2D eigenvalue weighted by atomic mass is 19.4. The van der Waals surface area contributed by atoms with Gasteiger partial charge in [-0.2, -0.15) is 13.2 Å². The van der Waals surface area contributed by atoms with Crippen LogP contribution in [-0.2, 0) is 25.4 Å². The molecule has 0 spiro atoms. The van der Waals surface area contributed by atoms with Crippen molar-refractivity contribution in [3.05, 3.63) is 94.8 Å². The van der Waals surface area contributed by atoms with E-state index in [0.717, 1.165) is 30.5 Å². The van der Waals surface area contributed by atoms with Gasteiger partial charge in [-0.15, -0.1) is 0 Å². The Hall–Kier alpha value is -4.97. The molecule has 53 heavy (non-hydrogen) atoms. The molecule has 0 aliphatic carbocycles. The van der Waals surface area contributed by atoms with Crippen LogP contribution in [0.25, 0.3) is 0 Å². The first kappa shape index (κ1) is 40.8. The third kappa shape index (κ3) is 12.0. The summed E-state index contributed by atoms with van der Waals surface area (Å²) in [7, 11) is 0. The lowest BCUT2D eigenvalue weighted by Gasteiger charge is -2.39. The molecule has 0 saturated carbocycles. The van der Waals surface area contributed by atoms with Gasteiger partial charge in [0.1, 0.15) is 42.0 Å². The first-order chi connectivity index (χ1) is 24.8. The van der Waals surface area contributed by atoms with Crippen molar-refractivity contribution in [3.8, 4) is 0 Å². The topological polar surface area (TPSA) is 145 Å². The standard InChI is InChI=1S/C35H38F7N5O6/c1-34(2,3)53-33(50)47-15-25(51-16-24(47)17-52-32(49)45-18-35(40,41)42)8-9-26-27(39)13-44-14-28(26)46-31(48)30(43)29(19-4-6-21(36)7-5-19)20-10-22(37)12-23(38)11-20/h4-7,10-14,24-25,29-30H,8-9,15-18,43H2,1-3H3,(H,45,49)(H,46,48)/t24-,25-,29+,30+/m1/s1. The van der Waals surface area contributed by atoms with E-state index < -0.39 is 90.4 Å². The molecule has 4 rings (SSSR count). The molecule has 2 aromatic carbocycles. The fourth-order valence-corrected chi connectivity index (χ4v) is 5.54. The molecule has 0 unspecified atom stereocenters. The van der Waals surface area contributed by atoms with Gasteiger partial charge in [-0.1, -0.05) is 12.1 Å². The highest BCUT2D eigenvalue weighted by molar-refractivity contribution is 5.96.